The van der Waals surface area contributed by atoms with E-state index < -0.39 is 0 Å². The summed E-state index contributed by atoms with van der Waals surface area (Å²) in [6.45, 7) is 1.88. The van der Waals surface area contributed by atoms with Gasteiger partial charge in [0, 0.05) is 19.3 Å². The Labute approximate surface area is 95.5 Å². The maximum Gasteiger partial charge on any atom is 0.130 e. The Morgan fingerprint density at radius 3 is 2.93 bits per heavy atom. The number of pyridine rings is 1. The van der Waals surface area contributed by atoms with Crippen LogP contribution in [0.4, 0.5) is 5.82 Å². The third-order valence-electron chi connectivity index (χ3n) is 2.26. The first-order valence-electron chi connectivity index (χ1n) is 4.66. The molecule has 0 saturated carbocycles. The maximum atomic E-state index is 8.75. The van der Waals surface area contributed by atoms with Crippen molar-refractivity contribution < 1.29 is 0 Å². The molecule has 78 valence electrons. The van der Waals surface area contributed by atoms with Gasteiger partial charge in [-0.05, 0) is 18.6 Å². The van der Waals surface area contributed by atoms with E-state index in [1.807, 2.05) is 6.07 Å². The Bertz CT molecular complexity index is 395. The van der Waals surface area contributed by atoms with Gasteiger partial charge in [-0.1, -0.05) is 12.2 Å². The van der Waals surface area contributed by atoms with Crippen LogP contribution in [0.5, 0.6) is 0 Å². The van der Waals surface area contributed by atoms with Gasteiger partial charge in [0.05, 0.1) is 11.6 Å². The molecule has 2 rings (SSSR count). The smallest absolute Gasteiger partial charge is 0.130 e. The molecular weight excluding hydrogens is 210 g/mol. The molecule has 15 heavy (non-hydrogen) atoms. The van der Waals surface area contributed by atoms with Gasteiger partial charge in [-0.15, -0.1) is 12.4 Å². The average Bonchev–Trinajstić information content (AvgIpc) is 2.30. The van der Waals surface area contributed by atoms with E-state index in [2.05, 4.69) is 28.1 Å². The van der Waals surface area contributed by atoms with Crippen LogP contribution in [0.3, 0.4) is 0 Å². The molecular formula is C11H12ClN3. The maximum absolute atomic E-state index is 8.75. The summed E-state index contributed by atoms with van der Waals surface area (Å²) in [6.07, 6.45) is 7.04. The number of nitriles is 1. The molecule has 0 aliphatic carbocycles. The Hall–Kier alpha value is -1.53. The second-order valence-corrected chi connectivity index (χ2v) is 3.22. The van der Waals surface area contributed by atoms with Crippen LogP contribution in [0.2, 0.25) is 0 Å². The molecule has 0 atom stereocenters. The van der Waals surface area contributed by atoms with Gasteiger partial charge in [0.15, 0.2) is 0 Å². The molecule has 0 radical (unpaired) electrons. The molecule has 0 bridgehead atoms. The second kappa shape index (κ2) is 5.38. The molecule has 0 fully saturated rings. The molecule has 0 N–H and O–H groups in total. The zero-order chi connectivity index (χ0) is 9.80. The Morgan fingerprint density at radius 1 is 1.40 bits per heavy atom. The zero-order valence-corrected chi connectivity index (χ0v) is 9.07. The van der Waals surface area contributed by atoms with E-state index in [1.54, 1.807) is 12.3 Å². The molecule has 0 unspecified atom stereocenters. The lowest BCUT2D eigenvalue weighted by atomic mass is 10.2. The lowest BCUT2D eigenvalue weighted by Crippen LogP contribution is -2.27. The molecule has 3 nitrogen and oxygen atoms in total. The van der Waals surface area contributed by atoms with Crippen molar-refractivity contribution in [2.75, 3.05) is 18.0 Å². The highest BCUT2D eigenvalue weighted by Crippen LogP contribution is 2.14. The summed E-state index contributed by atoms with van der Waals surface area (Å²) in [4.78, 5) is 6.42. The summed E-state index contributed by atoms with van der Waals surface area (Å²) >= 11 is 0. The third-order valence-corrected chi connectivity index (χ3v) is 2.26. The Morgan fingerprint density at radius 2 is 2.27 bits per heavy atom. The third kappa shape index (κ3) is 2.71. The topological polar surface area (TPSA) is 39.9 Å². The van der Waals surface area contributed by atoms with Crippen molar-refractivity contribution in [1.82, 2.24) is 4.98 Å². The van der Waals surface area contributed by atoms with E-state index in [1.165, 1.54) is 0 Å². The standard InChI is InChI=1S/C11H11N3.ClH/c12-9-10-4-5-13-11(8-10)14-6-2-1-3-7-14;/h1-2,4-5,8H,3,6-7H2;1H. The molecule has 0 saturated heterocycles. The van der Waals surface area contributed by atoms with E-state index in [0.29, 0.717) is 5.56 Å². The largest absolute Gasteiger partial charge is 0.353 e. The van der Waals surface area contributed by atoms with Crippen molar-refractivity contribution in [3.63, 3.8) is 0 Å². The first-order valence-corrected chi connectivity index (χ1v) is 4.66. The quantitative estimate of drug-likeness (QED) is 0.683. The van der Waals surface area contributed by atoms with Crippen LogP contribution in [0.15, 0.2) is 30.5 Å². The molecule has 2 heterocycles. The number of aromatic nitrogens is 1. The zero-order valence-electron chi connectivity index (χ0n) is 8.26. The Kier molecular flexibility index (Phi) is 4.14. The van der Waals surface area contributed by atoms with Crippen molar-refractivity contribution >= 4 is 18.2 Å². The van der Waals surface area contributed by atoms with Gasteiger partial charge in [0.2, 0.25) is 0 Å². The minimum atomic E-state index is 0. The van der Waals surface area contributed by atoms with Crippen molar-refractivity contribution in [2.45, 2.75) is 6.42 Å². The fraction of sp³-hybridized carbons (Fsp3) is 0.273. The van der Waals surface area contributed by atoms with Crippen molar-refractivity contribution in [3.05, 3.63) is 36.0 Å². The molecule has 4 heteroatoms. The fourth-order valence-electron chi connectivity index (χ4n) is 1.51. The molecule has 1 aliphatic heterocycles. The highest BCUT2D eigenvalue weighted by Gasteiger charge is 2.08. The predicted molar refractivity (Wildman–Crippen MR) is 62.2 cm³/mol. The number of anilines is 1. The summed E-state index contributed by atoms with van der Waals surface area (Å²) < 4.78 is 0. The fourth-order valence-corrected chi connectivity index (χ4v) is 1.51. The first-order chi connectivity index (χ1) is 6.90. The van der Waals surface area contributed by atoms with Gasteiger partial charge >= 0.3 is 0 Å². The van der Waals surface area contributed by atoms with Crippen LogP contribution >= 0.6 is 12.4 Å². The minimum Gasteiger partial charge on any atom is -0.353 e. The van der Waals surface area contributed by atoms with E-state index in [9.17, 15) is 0 Å². The van der Waals surface area contributed by atoms with Crippen molar-refractivity contribution in [1.29, 1.82) is 5.26 Å². The van der Waals surface area contributed by atoms with E-state index in [-0.39, 0.29) is 12.4 Å². The summed E-state index contributed by atoms with van der Waals surface area (Å²) in [5, 5.41) is 8.75. The summed E-state index contributed by atoms with van der Waals surface area (Å²) in [7, 11) is 0. The molecule has 1 aromatic heterocycles. The van der Waals surface area contributed by atoms with Crippen LogP contribution in [0.25, 0.3) is 0 Å². The monoisotopic (exact) mass is 221 g/mol. The van der Waals surface area contributed by atoms with Crippen LogP contribution < -0.4 is 4.90 Å². The summed E-state index contributed by atoms with van der Waals surface area (Å²) in [6, 6.07) is 5.68. The number of rotatable bonds is 1. The minimum absolute atomic E-state index is 0. The van der Waals surface area contributed by atoms with Crippen LogP contribution in [-0.4, -0.2) is 18.1 Å². The van der Waals surface area contributed by atoms with Gasteiger partial charge in [-0.3, -0.25) is 0 Å². The lowest BCUT2D eigenvalue weighted by molar-refractivity contribution is 0.805. The first kappa shape index (κ1) is 11.5. The Balaban J connectivity index is 0.00000112. The number of hydrogen-bond donors (Lipinski definition) is 0. The van der Waals surface area contributed by atoms with E-state index in [0.717, 1.165) is 25.3 Å². The van der Waals surface area contributed by atoms with Crippen molar-refractivity contribution in [3.8, 4) is 6.07 Å². The van der Waals surface area contributed by atoms with E-state index in [4.69, 9.17) is 5.26 Å². The highest BCUT2D eigenvalue weighted by molar-refractivity contribution is 5.85. The van der Waals surface area contributed by atoms with Gasteiger partial charge in [-0.2, -0.15) is 5.26 Å². The number of nitrogens with zero attached hydrogens (tertiary/aromatic N) is 3. The van der Waals surface area contributed by atoms with Crippen LogP contribution in [-0.2, 0) is 0 Å². The van der Waals surface area contributed by atoms with Crippen LogP contribution in [0.1, 0.15) is 12.0 Å². The van der Waals surface area contributed by atoms with E-state index >= 15 is 0 Å². The normalized spacial score (nSPS) is 14.2. The average molecular weight is 222 g/mol. The summed E-state index contributed by atoms with van der Waals surface area (Å²) in [5.74, 6) is 0.897. The summed E-state index contributed by atoms with van der Waals surface area (Å²) in [5.41, 5.74) is 0.671. The number of hydrogen-bond acceptors (Lipinski definition) is 3. The SMILES string of the molecule is Cl.N#Cc1ccnc(N2CC=CCC2)c1. The van der Waals surface area contributed by atoms with Crippen LogP contribution in [0, 0.1) is 11.3 Å². The molecule has 0 spiro atoms. The van der Waals surface area contributed by atoms with Gasteiger partial charge in [0.25, 0.3) is 0 Å². The highest BCUT2D eigenvalue weighted by atomic mass is 35.5. The predicted octanol–water partition coefficient (Wildman–Crippen LogP) is 2.14. The number of halogens is 1. The van der Waals surface area contributed by atoms with Crippen molar-refractivity contribution in [2.24, 2.45) is 0 Å². The molecule has 1 aliphatic rings. The van der Waals surface area contributed by atoms with Gasteiger partial charge in [-0.25, -0.2) is 4.98 Å². The van der Waals surface area contributed by atoms with Gasteiger partial charge < -0.3 is 4.90 Å². The molecule has 1 aromatic rings. The lowest BCUT2D eigenvalue weighted by Gasteiger charge is -2.24. The molecule has 0 amide bonds. The molecule has 0 aromatic carbocycles. The van der Waals surface area contributed by atoms with Gasteiger partial charge in [0.1, 0.15) is 5.82 Å². The second-order valence-electron chi connectivity index (χ2n) is 3.22.